The molecule has 1 aliphatic carbocycles. The summed E-state index contributed by atoms with van der Waals surface area (Å²) in [6.45, 7) is 0.409. The van der Waals surface area contributed by atoms with Gasteiger partial charge in [0.2, 0.25) is 0 Å². The molecule has 1 aliphatic rings. The number of carbonyl (C=O) groups is 1. The summed E-state index contributed by atoms with van der Waals surface area (Å²) in [5, 5.41) is 5.73. The van der Waals surface area contributed by atoms with Gasteiger partial charge in [0, 0.05) is 23.8 Å². The monoisotopic (exact) mass is 249 g/mol. The molecule has 0 unspecified atom stereocenters. The summed E-state index contributed by atoms with van der Waals surface area (Å²) in [5.74, 6) is 0.730. The molecule has 0 spiro atoms. The number of carbonyl (C=O) groups excluding carboxylic acids is 1. The van der Waals surface area contributed by atoms with Crippen LogP contribution in [0.25, 0.3) is 0 Å². The number of amides is 2. The fourth-order valence-corrected chi connectivity index (χ4v) is 1.90. The molecule has 98 valence electrons. The third-order valence-corrected chi connectivity index (χ3v) is 3.18. The van der Waals surface area contributed by atoms with Crippen LogP contribution in [-0.4, -0.2) is 19.2 Å². The van der Waals surface area contributed by atoms with Crippen molar-refractivity contribution in [1.82, 2.24) is 10.6 Å². The van der Waals surface area contributed by atoms with Gasteiger partial charge in [-0.1, -0.05) is 0 Å². The fraction of sp³-hybridized carbons (Fsp3) is 0.462. The van der Waals surface area contributed by atoms with Crippen molar-refractivity contribution in [2.75, 3.05) is 12.8 Å². The van der Waals surface area contributed by atoms with Crippen LogP contribution in [0.5, 0.6) is 5.75 Å². The summed E-state index contributed by atoms with van der Waals surface area (Å²) in [6, 6.07) is 5.59. The van der Waals surface area contributed by atoms with E-state index in [-0.39, 0.29) is 6.03 Å². The van der Waals surface area contributed by atoms with Crippen LogP contribution < -0.4 is 21.1 Å². The second kappa shape index (κ2) is 5.62. The molecule has 2 rings (SSSR count). The summed E-state index contributed by atoms with van der Waals surface area (Å²) in [6.07, 6.45) is 3.36. The van der Waals surface area contributed by atoms with Gasteiger partial charge < -0.3 is 21.1 Å². The number of nitrogens with two attached hydrogens (primary N) is 1. The molecule has 5 heteroatoms. The molecule has 0 saturated heterocycles. The number of methoxy groups -OCH3 is 1. The lowest BCUT2D eigenvalue weighted by Gasteiger charge is -2.26. The smallest absolute Gasteiger partial charge is 0.315 e. The van der Waals surface area contributed by atoms with E-state index in [9.17, 15) is 4.79 Å². The quantitative estimate of drug-likeness (QED) is 0.710. The zero-order valence-corrected chi connectivity index (χ0v) is 10.5. The number of hydrogen-bond donors (Lipinski definition) is 3. The standard InChI is InChI=1S/C13H19N3O2/c1-18-12-6-5-10(14)7-9(12)8-15-13(17)16-11-3-2-4-11/h5-7,11H,2-4,8,14H2,1H3,(H2,15,16,17). The second-order valence-electron chi connectivity index (χ2n) is 4.53. The van der Waals surface area contributed by atoms with Gasteiger partial charge in [-0.25, -0.2) is 4.79 Å². The Labute approximate surface area is 107 Å². The Kier molecular flexibility index (Phi) is 3.92. The lowest BCUT2D eigenvalue weighted by Crippen LogP contribution is -2.44. The van der Waals surface area contributed by atoms with Crippen LogP contribution in [0, 0.1) is 0 Å². The largest absolute Gasteiger partial charge is 0.496 e. The van der Waals surface area contributed by atoms with Crippen LogP contribution >= 0.6 is 0 Å². The van der Waals surface area contributed by atoms with Crippen molar-refractivity contribution >= 4 is 11.7 Å². The zero-order valence-electron chi connectivity index (χ0n) is 10.5. The van der Waals surface area contributed by atoms with E-state index in [2.05, 4.69) is 10.6 Å². The first-order valence-electron chi connectivity index (χ1n) is 6.16. The summed E-state index contributed by atoms with van der Waals surface area (Å²) >= 11 is 0. The maximum atomic E-state index is 11.6. The maximum Gasteiger partial charge on any atom is 0.315 e. The molecule has 0 aliphatic heterocycles. The van der Waals surface area contributed by atoms with Crippen LogP contribution in [0.3, 0.4) is 0 Å². The number of nitrogen functional groups attached to an aromatic ring is 1. The van der Waals surface area contributed by atoms with Gasteiger partial charge in [-0.2, -0.15) is 0 Å². The normalized spacial score (nSPS) is 14.7. The molecular formula is C13H19N3O2. The van der Waals surface area contributed by atoms with Crippen molar-refractivity contribution in [2.24, 2.45) is 0 Å². The predicted octanol–water partition coefficient (Wildman–Crippen LogP) is 1.63. The Morgan fingerprint density at radius 1 is 1.50 bits per heavy atom. The van der Waals surface area contributed by atoms with E-state index in [4.69, 9.17) is 10.5 Å². The van der Waals surface area contributed by atoms with Gasteiger partial charge >= 0.3 is 6.03 Å². The van der Waals surface area contributed by atoms with Gasteiger partial charge in [-0.15, -0.1) is 0 Å². The van der Waals surface area contributed by atoms with Crippen LogP contribution in [0.15, 0.2) is 18.2 Å². The molecule has 1 aromatic carbocycles. The van der Waals surface area contributed by atoms with Crippen LogP contribution in [0.4, 0.5) is 10.5 Å². The van der Waals surface area contributed by atoms with Crippen LogP contribution in [0.1, 0.15) is 24.8 Å². The third kappa shape index (κ3) is 3.06. The molecule has 4 N–H and O–H groups in total. The van der Waals surface area contributed by atoms with Gasteiger partial charge in [0.05, 0.1) is 7.11 Å². The van der Waals surface area contributed by atoms with Crippen molar-refractivity contribution in [3.63, 3.8) is 0 Å². The Balaban J connectivity index is 1.88. The molecule has 0 bridgehead atoms. The van der Waals surface area contributed by atoms with E-state index in [1.54, 1.807) is 19.2 Å². The molecule has 0 radical (unpaired) electrons. The molecule has 0 atom stereocenters. The summed E-state index contributed by atoms with van der Waals surface area (Å²) < 4.78 is 5.22. The van der Waals surface area contributed by atoms with Gasteiger partial charge in [0.25, 0.3) is 0 Å². The van der Waals surface area contributed by atoms with Crippen LogP contribution in [-0.2, 0) is 6.54 Å². The van der Waals surface area contributed by atoms with Gasteiger partial charge in [-0.05, 0) is 37.5 Å². The minimum Gasteiger partial charge on any atom is -0.496 e. The molecule has 2 amide bonds. The average Bonchev–Trinajstić information content (AvgIpc) is 2.31. The molecule has 0 heterocycles. The highest BCUT2D eigenvalue weighted by Gasteiger charge is 2.19. The van der Waals surface area contributed by atoms with E-state index < -0.39 is 0 Å². The second-order valence-corrected chi connectivity index (χ2v) is 4.53. The first-order valence-corrected chi connectivity index (χ1v) is 6.16. The Morgan fingerprint density at radius 3 is 2.89 bits per heavy atom. The molecule has 1 saturated carbocycles. The number of anilines is 1. The zero-order chi connectivity index (χ0) is 13.0. The topological polar surface area (TPSA) is 76.4 Å². The van der Waals surface area contributed by atoms with Crippen LogP contribution in [0.2, 0.25) is 0 Å². The predicted molar refractivity (Wildman–Crippen MR) is 70.4 cm³/mol. The van der Waals surface area contributed by atoms with Gasteiger partial charge in [0.1, 0.15) is 5.75 Å². The molecule has 1 aromatic rings. The van der Waals surface area contributed by atoms with Crippen molar-refractivity contribution in [2.45, 2.75) is 31.8 Å². The van der Waals surface area contributed by atoms with Gasteiger partial charge in [-0.3, -0.25) is 0 Å². The molecular weight excluding hydrogens is 230 g/mol. The molecule has 0 aromatic heterocycles. The van der Waals surface area contributed by atoms with E-state index in [0.29, 0.717) is 18.3 Å². The van der Waals surface area contributed by atoms with E-state index >= 15 is 0 Å². The van der Waals surface area contributed by atoms with Crippen molar-refractivity contribution < 1.29 is 9.53 Å². The third-order valence-electron chi connectivity index (χ3n) is 3.18. The van der Waals surface area contributed by atoms with Crippen molar-refractivity contribution in [3.05, 3.63) is 23.8 Å². The highest BCUT2D eigenvalue weighted by molar-refractivity contribution is 5.74. The lowest BCUT2D eigenvalue weighted by molar-refractivity contribution is 0.228. The van der Waals surface area contributed by atoms with E-state index in [1.807, 2.05) is 6.07 Å². The maximum absolute atomic E-state index is 11.6. The van der Waals surface area contributed by atoms with E-state index in [1.165, 1.54) is 6.42 Å². The Hall–Kier alpha value is -1.91. The minimum absolute atomic E-state index is 0.135. The van der Waals surface area contributed by atoms with Crippen molar-refractivity contribution in [3.8, 4) is 5.75 Å². The lowest BCUT2D eigenvalue weighted by atomic mass is 9.93. The molecule has 1 fully saturated rings. The number of ether oxygens (including phenoxy) is 1. The summed E-state index contributed by atoms with van der Waals surface area (Å²) in [4.78, 5) is 11.6. The molecule has 18 heavy (non-hydrogen) atoms. The first-order chi connectivity index (χ1) is 8.69. The van der Waals surface area contributed by atoms with Gasteiger partial charge in [0.15, 0.2) is 0 Å². The molecule has 5 nitrogen and oxygen atoms in total. The number of benzene rings is 1. The summed E-state index contributed by atoms with van der Waals surface area (Å²) in [7, 11) is 1.60. The first kappa shape index (κ1) is 12.5. The van der Waals surface area contributed by atoms with Crippen molar-refractivity contribution in [1.29, 1.82) is 0 Å². The SMILES string of the molecule is COc1ccc(N)cc1CNC(=O)NC1CCC1. The minimum atomic E-state index is -0.135. The highest BCUT2D eigenvalue weighted by atomic mass is 16.5. The Morgan fingerprint density at radius 2 is 2.28 bits per heavy atom. The average molecular weight is 249 g/mol. The number of rotatable bonds is 4. The highest BCUT2D eigenvalue weighted by Crippen LogP contribution is 2.21. The number of nitrogens with one attached hydrogen (secondary N) is 2. The van der Waals surface area contributed by atoms with E-state index in [0.717, 1.165) is 24.2 Å². The Bertz CT molecular complexity index is 430. The fourth-order valence-electron chi connectivity index (χ4n) is 1.90. The number of urea groups is 1. The number of hydrogen-bond acceptors (Lipinski definition) is 3. The summed E-state index contributed by atoms with van der Waals surface area (Å²) in [5.41, 5.74) is 7.25.